The zero-order valence-electron chi connectivity index (χ0n) is 12.1. The van der Waals surface area contributed by atoms with E-state index < -0.39 is 0 Å². The zero-order valence-corrected chi connectivity index (χ0v) is 12.1. The molecule has 1 unspecified atom stereocenters. The second-order valence-electron chi connectivity index (χ2n) is 7.39. The summed E-state index contributed by atoms with van der Waals surface area (Å²) in [6.45, 7) is 9.72. The number of ether oxygens (including phenoxy) is 1. The molecular weight excluding hydrogens is 208 g/mol. The molecule has 3 rings (SSSR count). The van der Waals surface area contributed by atoms with Crippen molar-refractivity contribution in [2.75, 3.05) is 7.11 Å². The fourth-order valence-electron chi connectivity index (χ4n) is 5.95. The Labute approximate surface area is 106 Å². The number of fused-ring (bicyclic) bond motifs is 1. The van der Waals surface area contributed by atoms with Gasteiger partial charge in [0, 0.05) is 7.11 Å². The summed E-state index contributed by atoms with van der Waals surface area (Å²) in [6, 6.07) is 0. The molecule has 98 valence electrons. The van der Waals surface area contributed by atoms with E-state index in [1.165, 1.54) is 25.7 Å². The van der Waals surface area contributed by atoms with Crippen molar-refractivity contribution in [3.63, 3.8) is 0 Å². The Morgan fingerprint density at radius 2 is 1.82 bits per heavy atom. The van der Waals surface area contributed by atoms with Crippen LogP contribution in [0.25, 0.3) is 0 Å². The smallest absolute Gasteiger partial charge is 0.0738 e. The number of rotatable bonds is 2. The average molecular weight is 236 g/mol. The highest BCUT2D eigenvalue weighted by atomic mass is 16.5. The second kappa shape index (κ2) is 3.50. The molecule has 0 bridgehead atoms. The maximum atomic E-state index is 6.12. The summed E-state index contributed by atoms with van der Waals surface area (Å²) in [4.78, 5) is 0. The molecule has 0 radical (unpaired) electrons. The van der Waals surface area contributed by atoms with Gasteiger partial charge in [-0.25, -0.2) is 0 Å². The molecule has 0 aromatic rings. The summed E-state index contributed by atoms with van der Waals surface area (Å²) in [5, 5.41) is 0. The second-order valence-corrected chi connectivity index (χ2v) is 7.39. The maximum Gasteiger partial charge on any atom is 0.0738 e. The highest BCUT2D eigenvalue weighted by Crippen LogP contribution is 2.80. The van der Waals surface area contributed by atoms with Crippen molar-refractivity contribution >= 4 is 0 Å². The Balaban J connectivity index is 1.98. The van der Waals surface area contributed by atoms with Gasteiger partial charge in [-0.15, -0.1) is 0 Å². The van der Waals surface area contributed by atoms with Crippen molar-refractivity contribution in [3.8, 4) is 0 Å². The first-order valence-corrected chi connectivity index (χ1v) is 7.56. The molecule has 0 heterocycles. The Morgan fingerprint density at radius 1 is 1.12 bits per heavy atom. The van der Waals surface area contributed by atoms with E-state index in [9.17, 15) is 0 Å². The average Bonchev–Trinajstić information content (AvgIpc) is 2.89. The quantitative estimate of drug-likeness (QED) is 0.701. The van der Waals surface area contributed by atoms with Gasteiger partial charge >= 0.3 is 0 Å². The summed E-state index contributed by atoms with van der Waals surface area (Å²) < 4.78 is 6.12. The van der Waals surface area contributed by atoms with Crippen LogP contribution in [0.5, 0.6) is 0 Å². The van der Waals surface area contributed by atoms with Crippen LogP contribution in [0.1, 0.15) is 53.4 Å². The van der Waals surface area contributed by atoms with Crippen LogP contribution < -0.4 is 0 Å². The van der Waals surface area contributed by atoms with Crippen molar-refractivity contribution in [1.82, 2.24) is 0 Å². The molecule has 3 aliphatic carbocycles. The van der Waals surface area contributed by atoms with Gasteiger partial charge in [-0.05, 0) is 60.7 Å². The number of methoxy groups -OCH3 is 1. The molecular formula is C16H28O. The highest BCUT2D eigenvalue weighted by molar-refractivity contribution is 5.26. The lowest BCUT2D eigenvalue weighted by Gasteiger charge is -2.45. The number of hydrogen-bond acceptors (Lipinski definition) is 1. The van der Waals surface area contributed by atoms with Crippen molar-refractivity contribution in [2.24, 2.45) is 35.0 Å². The molecule has 6 atom stereocenters. The first-order valence-electron chi connectivity index (χ1n) is 7.56. The van der Waals surface area contributed by atoms with Gasteiger partial charge in [0.05, 0.1) is 5.60 Å². The molecule has 3 fully saturated rings. The molecule has 0 aliphatic heterocycles. The molecule has 1 spiro atoms. The maximum absolute atomic E-state index is 6.12. The van der Waals surface area contributed by atoms with E-state index in [2.05, 4.69) is 27.7 Å². The Morgan fingerprint density at radius 3 is 2.41 bits per heavy atom. The van der Waals surface area contributed by atoms with Crippen molar-refractivity contribution < 1.29 is 4.74 Å². The third kappa shape index (κ3) is 1.20. The third-order valence-electron chi connectivity index (χ3n) is 6.86. The molecule has 0 N–H and O–H groups in total. The largest absolute Gasteiger partial charge is 0.378 e. The monoisotopic (exact) mass is 236 g/mol. The molecule has 0 saturated heterocycles. The van der Waals surface area contributed by atoms with E-state index >= 15 is 0 Å². The molecule has 0 amide bonds. The Bertz CT molecular complexity index is 323. The molecule has 1 nitrogen and oxygen atoms in total. The molecule has 3 saturated carbocycles. The van der Waals surface area contributed by atoms with Crippen LogP contribution in [0, 0.1) is 35.0 Å². The first-order chi connectivity index (χ1) is 8.00. The SMILES string of the molecule is COC1(C(C)C)CC[C@@H](C)[C@]23CC[C@@H](C)[C@H]2[C@H]13. The van der Waals surface area contributed by atoms with Gasteiger partial charge in [0.1, 0.15) is 0 Å². The van der Waals surface area contributed by atoms with Gasteiger partial charge in [-0.2, -0.15) is 0 Å². The summed E-state index contributed by atoms with van der Waals surface area (Å²) >= 11 is 0. The van der Waals surface area contributed by atoms with Gasteiger partial charge in [0.15, 0.2) is 0 Å². The fourth-order valence-corrected chi connectivity index (χ4v) is 5.95. The summed E-state index contributed by atoms with van der Waals surface area (Å²) in [7, 11) is 1.96. The van der Waals surface area contributed by atoms with E-state index in [1.54, 1.807) is 0 Å². The van der Waals surface area contributed by atoms with E-state index in [-0.39, 0.29) is 5.60 Å². The molecule has 1 heteroatoms. The Hall–Kier alpha value is -0.0400. The number of hydrogen-bond donors (Lipinski definition) is 0. The van der Waals surface area contributed by atoms with E-state index in [0.717, 1.165) is 23.7 Å². The van der Waals surface area contributed by atoms with Crippen molar-refractivity contribution in [1.29, 1.82) is 0 Å². The lowest BCUT2D eigenvalue weighted by molar-refractivity contribution is -0.110. The summed E-state index contributed by atoms with van der Waals surface area (Å²) in [5.74, 6) is 4.38. The van der Waals surface area contributed by atoms with Crippen LogP contribution in [-0.4, -0.2) is 12.7 Å². The summed E-state index contributed by atoms with van der Waals surface area (Å²) in [5.41, 5.74) is 0.879. The van der Waals surface area contributed by atoms with Crippen LogP contribution in [0.3, 0.4) is 0 Å². The standard InChI is InChI=1S/C16H28O/c1-10(2)16(17-5)9-7-12(4)15-8-6-11(3)13(15)14(15)16/h10-14H,6-9H2,1-5H3/t11-,12-,13+,14+,15-,16?/m1/s1. The van der Waals surface area contributed by atoms with E-state index in [1.807, 2.05) is 7.11 Å². The van der Waals surface area contributed by atoms with Gasteiger partial charge in [0.25, 0.3) is 0 Å². The normalized spacial score (nSPS) is 56.8. The topological polar surface area (TPSA) is 9.23 Å². The van der Waals surface area contributed by atoms with E-state index in [0.29, 0.717) is 11.3 Å². The molecule has 0 aromatic carbocycles. The van der Waals surface area contributed by atoms with Crippen molar-refractivity contribution in [2.45, 2.75) is 59.0 Å². The molecule has 3 aliphatic rings. The van der Waals surface area contributed by atoms with Crippen LogP contribution >= 0.6 is 0 Å². The van der Waals surface area contributed by atoms with Gasteiger partial charge in [-0.1, -0.05) is 27.7 Å². The summed E-state index contributed by atoms with van der Waals surface area (Å²) in [6.07, 6.45) is 5.61. The lowest BCUT2D eigenvalue weighted by Crippen LogP contribution is -2.46. The van der Waals surface area contributed by atoms with Gasteiger partial charge < -0.3 is 4.74 Å². The predicted molar refractivity (Wildman–Crippen MR) is 70.8 cm³/mol. The minimum atomic E-state index is 0.200. The minimum absolute atomic E-state index is 0.200. The molecule has 17 heavy (non-hydrogen) atoms. The minimum Gasteiger partial charge on any atom is -0.378 e. The first kappa shape index (κ1) is 12.0. The Kier molecular flexibility index (Phi) is 2.47. The van der Waals surface area contributed by atoms with Crippen LogP contribution in [0.15, 0.2) is 0 Å². The predicted octanol–water partition coefficient (Wildman–Crippen LogP) is 4.12. The third-order valence-corrected chi connectivity index (χ3v) is 6.86. The van der Waals surface area contributed by atoms with Crippen molar-refractivity contribution in [3.05, 3.63) is 0 Å². The molecule has 0 aromatic heterocycles. The highest BCUT2D eigenvalue weighted by Gasteiger charge is 2.78. The van der Waals surface area contributed by atoms with Gasteiger partial charge in [0.2, 0.25) is 0 Å². The zero-order chi connectivity index (χ0) is 12.4. The van der Waals surface area contributed by atoms with Crippen LogP contribution in [0.4, 0.5) is 0 Å². The van der Waals surface area contributed by atoms with Crippen LogP contribution in [-0.2, 0) is 4.74 Å². The van der Waals surface area contributed by atoms with E-state index in [4.69, 9.17) is 4.74 Å². The van der Waals surface area contributed by atoms with Crippen LogP contribution in [0.2, 0.25) is 0 Å². The fraction of sp³-hybridized carbons (Fsp3) is 1.00. The lowest BCUT2D eigenvalue weighted by atomic mass is 9.67. The van der Waals surface area contributed by atoms with Gasteiger partial charge in [-0.3, -0.25) is 0 Å².